The molecule has 1 aromatic carbocycles. The maximum atomic E-state index is 13.4. The van der Waals surface area contributed by atoms with E-state index < -0.39 is 41.6 Å². The van der Waals surface area contributed by atoms with Crippen LogP contribution in [0.5, 0.6) is 0 Å². The number of amides is 3. The summed E-state index contributed by atoms with van der Waals surface area (Å²) in [5.41, 5.74) is 0.913. The van der Waals surface area contributed by atoms with Crippen LogP contribution in [-0.2, 0) is 23.9 Å². The number of alkyl carbamates (subject to hydrolysis) is 1. The van der Waals surface area contributed by atoms with Crippen molar-refractivity contribution in [3.05, 3.63) is 35.4 Å². The van der Waals surface area contributed by atoms with Crippen molar-refractivity contribution in [2.24, 2.45) is 0 Å². The predicted molar refractivity (Wildman–Crippen MR) is 118 cm³/mol. The summed E-state index contributed by atoms with van der Waals surface area (Å²) in [4.78, 5) is 51.7. The average molecular weight is 448 g/mol. The second kappa shape index (κ2) is 10.5. The van der Waals surface area contributed by atoms with Crippen molar-refractivity contribution in [3.63, 3.8) is 0 Å². The molecule has 0 aromatic heterocycles. The Morgan fingerprint density at radius 1 is 1.12 bits per heavy atom. The number of hydrogen-bond acceptors (Lipinski definition) is 6. The van der Waals surface area contributed by atoms with Crippen LogP contribution >= 0.6 is 0 Å². The monoisotopic (exact) mass is 447 g/mol. The Morgan fingerprint density at radius 2 is 1.72 bits per heavy atom. The third kappa shape index (κ3) is 7.25. The number of carbonyl (C=O) groups excluding carboxylic acids is 4. The zero-order valence-corrected chi connectivity index (χ0v) is 19.6. The summed E-state index contributed by atoms with van der Waals surface area (Å²) in [6, 6.07) is 5.27. The molecule has 0 heterocycles. The molecule has 2 rings (SSSR count). The van der Waals surface area contributed by atoms with E-state index in [9.17, 15) is 19.2 Å². The van der Waals surface area contributed by atoms with E-state index in [4.69, 9.17) is 4.74 Å². The van der Waals surface area contributed by atoms with Gasteiger partial charge in [0.1, 0.15) is 24.2 Å². The Hall–Kier alpha value is -3.10. The lowest BCUT2D eigenvalue weighted by atomic mass is 10.0. The molecule has 0 bridgehead atoms. The van der Waals surface area contributed by atoms with Crippen molar-refractivity contribution < 1.29 is 28.7 Å². The second-order valence-corrected chi connectivity index (χ2v) is 8.95. The standard InChI is InChI=1S/C23H33N3O6/c1-14-7-9-16(10-8-14)19(20(28)24-13-18(27)31-6)26(17-11-12-17)21(29)15(2)25-22(30)32-23(3,4)5/h7-10,15,17,19H,11-13H2,1-6H3,(H,24,28)(H,25,30). The molecule has 1 aromatic rings. The quantitative estimate of drug-likeness (QED) is 0.591. The van der Waals surface area contributed by atoms with Crippen LogP contribution in [0.3, 0.4) is 0 Å². The zero-order valence-electron chi connectivity index (χ0n) is 19.6. The van der Waals surface area contributed by atoms with Gasteiger partial charge in [-0.3, -0.25) is 14.4 Å². The molecule has 1 saturated carbocycles. The van der Waals surface area contributed by atoms with Gasteiger partial charge in [-0.15, -0.1) is 0 Å². The van der Waals surface area contributed by atoms with Crippen LogP contribution < -0.4 is 10.6 Å². The van der Waals surface area contributed by atoms with Crippen LogP contribution in [0.4, 0.5) is 4.79 Å². The van der Waals surface area contributed by atoms with Crippen LogP contribution in [0.25, 0.3) is 0 Å². The lowest BCUT2D eigenvalue weighted by Crippen LogP contribution is -2.53. The van der Waals surface area contributed by atoms with E-state index in [2.05, 4.69) is 15.4 Å². The molecule has 9 heteroatoms. The van der Waals surface area contributed by atoms with Gasteiger partial charge in [0, 0.05) is 6.04 Å². The number of nitrogens with zero attached hydrogens (tertiary/aromatic N) is 1. The van der Waals surface area contributed by atoms with Gasteiger partial charge in [-0.2, -0.15) is 0 Å². The molecule has 1 aliphatic rings. The van der Waals surface area contributed by atoms with Gasteiger partial charge in [0.05, 0.1) is 7.11 Å². The summed E-state index contributed by atoms with van der Waals surface area (Å²) < 4.78 is 9.84. The largest absolute Gasteiger partial charge is 0.468 e. The third-order valence-electron chi connectivity index (χ3n) is 4.85. The number of carbonyl (C=O) groups is 4. The molecule has 0 radical (unpaired) electrons. The molecule has 0 spiro atoms. The minimum atomic E-state index is -0.955. The maximum absolute atomic E-state index is 13.4. The van der Waals surface area contributed by atoms with E-state index in [1.54, 1.807) is 39.8 Å². The summed E-state index contributed by atoms with van der Waals surface area (Å²) in [6.45, 7) is 8.36. The van der Waals surface area contributed by atoms with Crippen molar-refractivity contribution in [2.45, 2.75) is 71.2 Å². The summed E-state index contributed by atoms with van der Waals surface area (Å²) in [5, 5.41) is 5.11. The van der Waals surface area contributed by atoms with Gasteiger partial charge in [-0.05, 0) is 53.0 Å². The fourth-order valence-corrected chi connectivity index (χ4v) is 3.16. The van der Waals surface area contributed by atoms with Gasteiger partial charge >= 0.3 is 12.1 Å². The van der Waals surface area contributed by atoms with Crippen molar-refractivity contribution in [3.8, 4) is 0 Å². The number of esters is 1. The molecule has 2 N–H and O–H groups in total. The molecule has 0 aliphatic heterocycles. The van der Waals surface area contributed by atoms with Gasteiger partial charge in [-0.1, -0.05) is 29.8 Å². The predicted octanol–water partition coefficient (Wildman–Crippen LogP) is 2.23. The van der Waals surface area contributed by atoms with E-state index in [1.165, 1.54) is 12.0 Å². The molecular formula is C23H33N3O6. The van der Waals surface area contributed by atoms with Crippen LogP contribution in [-0.4, -0.2) is 60.1 Å². The van der Waals surface area contributed by atoms with E-state index in [0.717, 1.165) is 18.4 Å². The minimum absolute atomic E-state index is 0.138. The highest BCUT2D eigenvalue weighted by Gasteiger charge is 2.43. The average Bonchev–Trinajstić information content (AvgIpc) is 3.53. The molecule has 0 saturated heterocycles. The van der Waals surface area contributed by atoms with Gasteiger partial charge in [0.15, 0.2) is 0 Å². The van der Waals surface area contributed by atoms with Crippen LogP contribution in [0, 0.1) is 6.92 Å². The molecule has 32 heavy (non-hydrogen) atoms. The SMILES string of the molecule is COC(=O)CNC(=O)C(c1ccc(C)cc1)N(C(=O)C(C)NC(=O)OC(C)(C)C)C1CC1. The fraction of sp³-hybridized carbons (Fsp3) is 0.565. The highest BCUT2D eigenvalue weighted by atomic mass is 16.6. The first-order valence-corrected chi connectivity index (χ1v) is 10.7. The Balaban J connectivity index is 2.29. The number of aryl methyl sites for hydroxylation is 1. The summed E-state index contributed by atoms with van der Waals surface area (Å²) in [6.07, 6.45) is 0.783. The minimum Gasteiger partial charge on any atom is -0.468 e. The molecule has 9 nitrogen and oxygen atoms in total. The number of nitrogens with one attached hydrogen (secondary N) is 2. The Labute approximate surface area is 188 Å². The third-order valence-corrected chi connectivity index (χ3v) is 4.85. The first kappa shape index (κ1) is 25.2. The zero-order chi connectivity index (χ0) is 24.1. The molecular weight excluding hydrogens is 414 g/mol. The van der Waals surface area contributed by atoms with Gasteiger partial charge in [0.25, 0.3) is 0 Å². The lowest BCUT2D eigenvalue weighted by molar-refractivity contribution is -0.145. The van der Waals surface area contributed by atoms with Gasteiger partial charge in [0.2, 0.25) is 11.8 Å². The van der Waals surface area contributed by atoms with E-state index >= 15 is 0 Å². The number of rotatable bonds is 8. The lowest BCUT2D eigenvalue weighted by Gasteiger charge is -2.33. The van der Waals surface area contributed by atoms with Crippen molar-refractivity contribution in [1.29, 1.82) is 0 Å². The highest BCUT2D eigenvalue weighted by molar-refractivity contribution is 5.93. The van der Waals surface area contributed by atoms with Crippen LogP contribution in [0.2, 0.25) is 0 Å². The normalized spacial score (nSPS) is 15.2. The van der Waals surface area contributed by atoms with E-state index in [1.807, 2.05) is 19.1 Å². The number of methoxy groups -OCH3 is 1. The number of hydrogen-bond donors (Lipinski definition) is 2. The first-order valence-electron chi connectivity index (χ1n) is 10.7. The summed E-state index contributed by atoms with van der Waals surface area (Å²) in [7, 11) is 1.23. The van der Waals surface area contributed by atoms with Gasteiger partial charge < -0.3 is 25.0 Å². The highest BCUT2D eigenvalue weighted by Crippen LogP contribution is 2.35. The summed E-state index contributed by atoms with van der Waals surface area (Å²) in [5.74, 6) is -1.49. The van der Waals surface area contributed by atoms with E-state index in [-0.39, 0.29) is 12.6 Å². The van der Waals surface area contributed by atoms with Gasteiger partial charge in [-0.25, -0.2) is 4.79 Å². The van der Waals surface area contributed by atoms with Crippen molar-refractivity contribution in [2.75, 3.05) is 13.7 Å². The Bertz CT molecular complexity index is 842. The van der Waals surface area contributed by atoms with Crippen LogP contribution in [0.15, 0.2) is 24.3 Å². The summed E-state index contributed by atoms with van der Waals surface area (Å²) >= 11 is 0. The fourth-order valence-electron chi connectivity index (χ4n) is 3.16. The van der Waals surface area contributed by atoms with Crippen molar-refractivity contribution in [1.82, 2.24) is 15.5 Å². The topological polar surface area (TPSA) is 114 Å². The Morgan fingerprint density at radius 3 is 2.22 bits per heavy atom. The van der Waals surface area contributed by atoms with Crippen molar-refractivity contribution >= 4 is 23.9 Å². The smallest absolute Gasteiger partial charge is 0.408 e. The maximum Gasteiger partial charge on any atom is 0.408 e. The Kier molecular flexibility index (Phi) is 8.24. The molecule has 3 amide bonds. The number of benzene rings is 1. The first-order chi connectivity index (χ1) is 14.9. The molecule has 1 fully saturated rings. The second-order valence-electron chi connectivity index (χ2n) is 8.95. The molecule has 2 unspecified atom stereocenters. The molecule has 176 valence electrons. The van der Waals surface area contributed by atoms with E-state index in [0.29, 0.717) is 5.56 Å². The number of ether oxygens (including phenoxy) is 2. The molecule has 1 aliphatic carbocycles. The molecule has 2 atom stereocenters. The van der Waals surface area contributed by atoms with Crippen LogP contribution in [0.1, 0.15) is 57.7 Å².